The van der Waals surface area contributed by atoms with Gasteiger partial charge in [0.25, 0.3) is 0 Å². The fraction of sp³-hybridized carbons (Fsp3) is 0.346. The first-order valence-corrected chi connectivity index (χ1v) is 12.8. The third-order valence-corrected chi connectivity index (χ3v) is 7.17. The first-order chi connectivity index (χ1) is 17.1. The van der Waals surface area contributed by atoms with Gasteiger partial charge in [0.15, 0.2) is 0 Å². The standard InChI is InChI=1S/C26H28FN5O2S/c1-2-34-22-11-5-18(6-12-22)13-14-28-24(33)20-4-3-15-31(16-20)26-30-32-17-23(29-25(32)35-26)19-7-9-21(27)10-8-19/h5-12,17,20H,2-4,13-16H2,1H3,(H,28,33)/t20-/m0/s1. The summed E-state index contributed by atoms with van der Waals surface area (Å²) < 4.78 is 20.4. The molecule has 2 aromatic carbocycles. The van der Waals surface area contributed by atoms with Crippen LogP contribution in [0.4, 0.5) is 9.52 Å². The summed E-state index contributed by atoms with van der Waals surface area (Å²) in [7, 11) is 0. The number of nitrogens with one attached hydrogen (secondary N) is 1. The van der Waals surface area contributed by atoms with Crippen molar-refractivity contribution in [3.8, 4) is 17.0 Å². The molecule has 5 rings (SSSR count). The van der Waals surface area contributed by atoms with Gasteiger partial charge in [0, 0.05) is 25.2 Å². The van der Waals surface area contributed by atoms with E-state index in [1.165, 1.54) is 29.0 Å². The lowest BCUT2D eigenvalue weighted by atomic mass is 9.97. The lowest BCUT2D eigenvalue weighted by molar-refractivity contribution is -0.125. The van der Waals surface area contributed by atoms with Crippen LogP contribution in [0.25, 0.3) is 16.2 Å². The van der Waals surface area contributed by atoms with Gasteiger partial charge in [-0.15, -0.1) is 5.10 Å². The summed E-state index contributed by atoms with van der Waals surface area (Å²) in [6.45, 7) is 4.75. The zero-order valence-corrected chi connectivity index (χ0v) is 20.4. The van der Waals surface area contributed by atoms with E-state index in [1.807, 2.05) is 37.4 Å². The van der Waals surface area contributed by atoms with Crippen molar-refractivity contribution in [3.05, 3.63) is 66.1 Å². The molecule has 0 spiro atoms. The summed E-state index contributed by atoms with van der Waals surface area (Å²) in [5.41, 5.74) is 2.79. The summed E-state index contributed by atoms with van der Waals surface area (Å²) >= 11 is 1.51. The highest BCUT2D eigenvalue weighted by Gasteiger charge is 2.27. The number of aromatic nitrogens is 3. The summed E-state index contributed by atoms with van der Waals surface area (Å²) in [5, 5.41) is 8.67. The molecule has 0 radical (unpaired) electrons. The molecule has 1 fully saturated rings. The van der Waals surface area contributed by atoms with Gasteiger partial charge in [-0.05, 0) is 68.1 Å². The molecular weight excluding hydrogens is 465 g/mol. The van der Waals surface area contributed by atoms with Gasteiger partial charge in [0.05, 0.1) is 24.4 Å². The topological polar surface area (TPSA) is 71.8 Å². The lowest BCUT2D eigenvalue weighted by Gasteiger charge is -2.31. The smallest absolute Gasteiger partial charge is 0.224 e. The second-order valence-corrected chi connectivity index (χ2v) is 9.58. The van der Waals surface area contributed by atoms with Crippen molar-refractivity contribution in [2.45, 2.75) is 26.2 Å². The highest BCUT2D eigenvalue weighted by Crippen LogP contribution is 2.30. The Labute approximate surface area is 207 Å². The number of amides is 1. The molecule has 1 amide bonds. The second-order valence-electron chi connectivity index (χ2n) is 8.65. The van der Waals surface area contributed by atoms with Crippen LogP contribution in [0.1, 0.15) is 25.3 Å². The Kier molecular flexibility index (Phi) is 6.94. The van der Waals surface area contributed by atoms with Gasteiger partial charge < -0.3 is 15.0 Å². The maximum absolute atomic E-state index is 13.2. The Hall–Kier alpha value is -3.46. The number of ether oxygens (including phenoxy) is 1. The van der Waals surface area contributed by atoms with E-state index in [2.05, 4.69) is 15.2 Å². The summed E-state index contributed by atoms with van der Waals surface area (Å²) in [4.78, 5) is 20.4. The van der Waals surface area contributed by atoms with E-state index < -0.39 is 0 Å². The third kappa shape index (κ3) is 5.45. The van der Waals surface area contributed by atoms with Crippen molar-refractivity contribution in [1.82, 2.24) is 19.9 Å². The van der Waals surface area contributed by atoms with Crippen molar-refractivity contribution < 1.29 is 13.9 Å². The van der Waals surface area contributed by atoms with E-state index in [0.717, 1.165) is 52.9 Å². The molecule has 1 atom stereocenters. The van der Waals surface area contributed by atoms with Crippen LogP contribution in [0.5, 0.6) is 5.75 Å². The molecule has 0 saturated carbocycles. The van der Waals surface area contributed by atoms with E-state index in [1.54, 1.807) is 16.6 Å². The van der Waals surface area contributed by atoms with Crippen LogP contribution in [-0.2, 0) is 11.2 Å². The predicted octanol–water partition coefficient (Wildman–Crippen LogP) is 4.57. The van der Waals surface area contributed by atoms with Gasteiger partial charge in [-0.1, -0.05) is 23.5 Å². The first kappa shape index (κ1) is 23.3. The second kappa shape index (κ2) is 10.4. The summed E-state index contributed by atoms with van der Waals surface area (Å²) in [5.74, 6) is 0.634. The number of fused-ring (bicyclic) bond motifs is 1. The van der Waals surface area contributed by atoms with Crippen molar-refractivity contribution in [1.29, 1.82) is 0 Å². The van der Waals surface area contributed by atoms with E-state index in [-0.39, 0.29) is 17.6 Å². The number of benzene rings is 2. The van der Waals surface area contributed by atoms with Gasteiger partial charge in [-0.3, -0.25) is 4.79 Å². The number of nitrogens with zero attached hydrogens (tertiary/aromatic N) is 4. The molecule has 0 aliphatic carbocycles. The molecule has 182 valence electrons. The van der Waals surface area contributed by atoms with Crippen molar-refractivity contribution in [3.63, 3.8) is 0 Å². The predicted molar refractivity (Wildman–Crippen MR) is 136 cm³/mol. The number of hydrogen-bond donors (Lipinski definition) is 1. The van der Waals surface area contributed by atoms with Crippen LogP contribution in [0, 0.1) is 11.7 Å². The van der Waals surface area contributed by atoms with Gasteiger partial charge in [-0.25, -0.2) is 13.9 Å². The van der Waals surface area contributed by atoms with Gasteiger partial charge >= 0.3 is 0 Å². The number of rotatable bonds is 8. The largest absolute Gasteiger partial charge is 0.494 e. The Bertz CT molecular complexity index is 1250. The molecule has 0 unspecified atom stereocenters. The Balaban J connectivity index is 1.16. The lowest BCUT2D eigenvalue weighted by Crippen LogP contribution is -2.43. The van der Waals surface area contributed by atoms with Crippen LogP contribution in [-0.4, -0.2) is 46.7 Å². The third-order valence-electron chi connectivity index (χ3n) is 6.18. The molecule has 1 N–H and O–H groups in total. The van der Waals surface area contributed by atoms with Gasteiger partial charge in [0.1, 0.15) is 11.6 Å². The van der Waals surface area contributed by atoms with Crippen LogP contribution in [0.15, 0.2) is 54.7 Å². The molecule has 7 nitrogen and oxygen atoms in total. The number of halogens is 1. The van der Waals surface area contributed by atoms with Crippen LogP contribution >= 0.6 is 11.3 Å². The Morgan fingerprint density at radius 3 is 2.74 bits per heavy atom. The van der Waals surface area contributed by atoms with Crippen molar-refractivity contribution >= 4 is 27.3 Å². The van der Waals surface area contributed by atoms with Crippen LogP contribution < -0.4 is 15.0 Å². The monoisotopic (exact) mass is 493 g/mol. The number of carbonyl (C=O) groups excluding carboxylic acids is 1. The van der Waals surface area contributed by atoms with E-state index >= 15 is 0 Å². The van der Waals surface area contributed by atoms with Gasteiger partial charge in [-0.2, -0.15) is 0 Å². The number of piperidine rings is 1. The maximum Gasteiger partial charge on any atom is 0.224 e. The molecule has 1 saturated heterocycles. The minimum absolute atomic E-state index is 0.0601. The summed E-state index contributed by atoms with van der Waals surface area (Å²) in [6.07, 6.45) is 4.47. The molecule has 9 heteroatoms. The fourth-order valence-corrected chi connectivity index (χ4v) is 5.25. The van der Waals surface area contributed by atoms with Crippen molar-refractivity contribution in [2.24, 2.45) is 5.92 Å². The highest BCUT2D eigenvalue weighted by atomic mass is 32.1. The average molecular weight is 494 g/mol. The van der Waals surface area contributed by atoms with Crippen LogP contribution in [0.2, 0.25) is 0 Å². The number of anilines is 1. The van der Waals surface area contributed by atoms with E-state index in [4.69, 9.17) is 9.84 Å². The molecule has 2 aromatic heterocycles. The number of imidazole rings is 1. The average Bonchev–Trinajstić information content (AvgIpc) is 3.46. The van der Waals surface area contributed by atoms with E-state index in [0.29, 0.717) is 19.7 Å². The minimum atomic E-state index is -0.268. The summed E-state index contributed by atoms with van der Waals surface area (Å²) in [6, 6.07) is 14.3. The van der Waals surface area contributed by atoms with Crippen LogP contribution in [0.3, 0.4) is 0 Å². The maximum atomic E-state index is 13.2. The zero-order valence-electron chi connectivity index (χ0n) is 19.6. The first-order valence-electron chi connectivity index (χ1n) is 12.0. The molecule has 1 aliphatic heterocycles. The molecule has 4 aromatic rings. The number of hydrogen-bond acceptors (Lipinski definition) is 6. The number of carbonyl (C=O) groups is 1. The quantitative estimate of drug-likeness (QED) is 0.389. The Morgan fingerprint density at radius 2 is 2.00 bits per heavy atom. The highest BCUT2D eigenvalue weighted by molar-refractivity contribution is 7.20. The SMILES string of the molecule is CCOc1ccc(CCNC(=O)[C@H]2CCCN(c3nn4cc(-c5ccc(F)cc5)nc4s3)C2)cc1. The van der Waals surface area contributed by atoms with Crippen molar-refractivity contribution in [2.75, 3.05) is 31.1 Å². The van der Waals surface area contributed by atoms with Gasteiger partial charge in [0.2, 0.25) is 16.0 Å². The van der Waals surface area contributed by atoms with E-state index in [9.17, 15) is 9.18 Å². The zero-order chi connectivity index (χ0) is 24.2. The fourth-order valence-electron chi connectivity index (χ4n) is 4.34. The molecule has 35 heavy (non-hydrogen) atoms. The minimum Gasteiger partial charge on any atom is -0.494 e. The molecule has 0 bridgehead atoms. The molecule has 1 aliphatic rings. The normalized spacial score (nSPS) is 15.9. The molecular formula is C26H28FN5O2S. The molecule has 3 heterocycles. The Morgan fingerprint density at radius 1 is 1.20 bits per heavy atom.